The van der Waals surface area contributed by atoms with Crippen LogP contribution in [0, 0.1) is 0 Å². The number of sulfonamides is 1. The summed E-state index contributed by atoms with van der Waals surface area (Å²) < 4.78 is 31.9. The minimum absolute atomic E-state index is 0.321. The first-order valence-corrected chi connectivity index (χ1v) is 10.6. The zero-order valence-electron chi connectivity index (χ0n) is 14.8. The van der Waals surface area contributed by atoms with Gasteiger partial charge in [-0.25, -0.2) is 8.42 Å². The number of methoxy groups -OCH3 is 1. The van der Waals surface area contributed by atoms with Gasteiger partial charge in [0.05, 0.1) is 19.1 Å². The third-order valence-electron chi connectivity index (χ3n) is 3.77. The number of hydrogen-bond acceptors (Lipinski definition) is 4. The maximum Gasteiger partial charge on any atom is 0.248 e. The Hall–Kier alpha value is -2.06. The first kappa shape index (κ1) is 20.3. The Kier molecular flexibility index (Phi) is 6.66. The monoisotopic (exact) mass is 440 g/mol. The number of amides is 1. The van der Waals surface area contributed by atoms with Crippen LogP contribution in [0.2, 0.25) is 0 Å². The number of carbonyl (C=O) groups is 1. The number of anilines is 2. The molecule has 0 aromatic heterocycles. The Morgan fingerprint density at radius 3 is 2.19 bits per heavy atom. The van der Waals surface area contributed by atoms with Crippen molar-refractivity contribution in [2.45, 2.75) is 19.4 Å². The number of hydrogen-bond donors (Lipinski definition) is 1. The zero-order chi connectivity index (χ0) is 19.3. The molecule has 0 aliphatic heterocycles. The molecule has 1 atom stereocenters. The van der Waals surface area contributed by atoms with Crippen LogP contribution < -0.4 is 14.4 Å². The molecule has 2 rings (SSSR count). The Balaban J connectivity index is 2.33. The van der Waals surface area contributed by atoms with Crippen LogP contribution in [0.5, 0.6) is 5.75 Å². The Labute approximate surface area is 162 Å². The predicted molar refractivity (Wildman–Crippen MR) is 107 cm³/mol. The fourth-order valence-electron chi connectivity index (χ4n) is 2.55. The summed E-state index contributed by atoms with van der Waals surface area (Å²) in [6.07, 6.45) is 1.41. The minimum atomic E-state index is -3.67. The van der Waals surface area contributed by atoms with Crippen LogP contribution in [-0.4, -0.2) is 33.7 Å². The second-order valence-electron chi connectivity index (χ2n) is 5.68. The summed E-state index contributed by atoms with van der Waals surface area (Å²) in [6.45, 7) is 1.77. The number of ether oxygens (including phenoxy) is 1. The van der Waals surface area contributed by atoms with Crippen molar-refractivity contribution in [1.29, 1.82) is 0 Å². The molecule has 0 aliphatic carbocycles. The summed E-state index contributed by atoms with van der Waals surface area (Å²) >= 11 is 3.34. The summed E-state index contributed by atoms with van der Waals surface area (Å²) in [5.74, 6) is 0.214. The van der Waals surface area contributed by atoms with Gasteiger partial charge >= 0.3 is 0 Å². The first-order valence-electron chi connectivity index (χ1n) is 7.96. The van der Waals surface area contributed by atoms with Crippen molar-refractivity contribution >= 4 is 43.2 Å². The van der Waals surface area contributed by atoms with E-state index >= 15 is 0 Å². The molecule has 8 heteroatoms. The molecule has 1 N–H and O–H groups in total. The molecule has 0 fully saturated rings. The van der Waals surface area contributed by atoms with Crippen LogP contribution in [0.25, 0.3) is 0 Å². The summed E-state index contributed by atoms with van der Waals surface area (Å²) in [4.78, 5) is 12.8. The van der Waals surface area contributed by atoms with E-state index in [1.807, 2.05) is 0 Å². The molecule has 0 aliphatic rings. The van der Waals surface area contributed by atoms with E-state index in [1.165, 1.54) is 7.11 Å². The van der Waals surface area contributed by atoms with Gasteiger partial charge in [0.2, 0.25) is 15.9 Å². The van der Waals surface area contributed by atoms with Crippen molar-refractivity contribution in [2.24, 2.45) is 0 Å². The zero-order valence-corrected chi connectivity index (χ0v) is 17.2. The molecule has 0 spiro atoms. The standard InChI is InChI=1S/C18H21BrN2O4S/c1-4-17(18(22)20-14-7-5-13(19)6-8-14)21(26(3,23)24)15-9-11-16(25-2)12-10-15/h5-12,17H,4H2,1-3H3,(H,20,22)/t17-/m1/s1. The van der Waals surface area contributed by atoms with Gasteiger partial charge in [0.15, 0.2) is 0 Å². The Morgan fingerprint density at radius 2 is 1.73 bits per heavy atom. The molecule has 0 saturated carbocycles. The van der Waals surface area contributed by atoms with Crippen molar-refractivity contribution in [3.8, 4) is 5.75 Å². The minimum Gasteiger partial charge on any atom is -0.497 e. The molecule has 140 valence electrons. The third kappa shape index (κ3) is 4.98. The van der Waals surface area contributed by atoms with Crippen LogP contribution in [-0.2, 0) is 14.8 Å². The fraction of sp³-hybridized carbons (Fsp3) is 0.278. The van der Waals surface area contributed by atoms with Gasteiger partial charge in [0.1, 0.15) is 11.8 Å². The van der Waals surface area contributed by atoms with E-state index in [1.54, 1.807) is 55.5 Å². The van der Waals surface area contributed by atoms with Crippen molar-refractivity contribution in [1.82, 2.24) is 0 Å². The lowest BCUT2D eigenvalue weighted by atomic mass is 10.1. The van der Waals surface area contributed by atoms with Gasteiger partial charge in [-0.3, -0.25) is 9.10 Å². The molecule has 0 bridgehead atoms. The van der Waals surface area contributed by atoms with Gasteiger partial charge in [-0.05, 0) is 55.0 Å². The maximum atomic E-state index is 12.8. The smallest absolute Gasteiger partial charge is 0.248 e. The van der Waals surface area contributed by atoms with Crippen LogP contribution in [0.4, 0.5) is 11.4 Å². The molecule has 26 heavy (non-hydrogen) atoms. The van der Waals surface area contributed by atoms with Gasteiger partial charge in [-0.15, -0.1) is 0 Å². The van der Waals surface area contributed by atoms with Gasteiger partial charge in [-0.2, -0.15) is 0 Å². The molecular formula is C18H21BrN2O4S. The largest absolute Gasteiger partial charge is 0.497 e. The van der Waals surface area contributed by atoms with E-state index in [9.17, 15) is 13.2 Å². The lowest BCUT2D eigenvalue weighted by Gasteiger charge is -2.30. The number of nitrogens with zero attached hydrogens (tertiary/aromatic N) is 1. The van der Waals surface area contributed by atoms with Crippen molar-refractivity contribution in [3.63, 3.8) is 0 Å². The number of benzene rings is 2. The van der Waals surface area contributed by atoms with Gasteiger partial charge < -0.3 is 10.1 Å². The molecule has 2 aromatic rings. The van der Waals surface area contributed by atoms with E-state index in [2.05, 4.69) is 21.2 Å². The topological polar surface area (TPSA) is 75.7 Å². The first-order chi connectivity index (χ1) is 12.3. The number of carbonyl (C=O) groups excluding carboxylic acids is 1. The summed E-state index contributed by atoms with van der Waals surface area (Å²) in [5, 5.41) is 2.77. The molecule has 0 saturated heterocycles. The molecule has 6 nitrogen and oxygen atoms in total. The van der Waals surface area contributed by atoms with Crippen LogP contribution in [0.15, 0.2) is 53.0 Å². The highest BCUT2D eigenvalue weighted by Gasteiger charge is 2.31. The molecule has 2 aromatic carbocycles. The van der Waals surface area contributed by atoms with E-state index in [0.717, 1.165) is 15.0 Å². The van der Waals surface area contributed by atoms with E-state index in [-0.39, 0.29) is 0 Å². The quantitative estimate of drug-likeness (QED) is 0.712. The second kappa shape index (κ2) is 8.55. The number of halogens is 1. The molecule has 0 heterocycles. The highest BCUT2D eigenvalue weighted by molar-refractivity contribution is 9.10. The molecule has 0 unspecified atom stereocenters. The van der Waals surface area contributed by atoms with Crippen LogP contribution >= 0.6 is 15.9 Å². The fourth-order valence-corrected chi connectivity index (χ4v) is 4.02. The van der Waals surface area contributed by atoms with Gasteiger partial charge in [0, 0.05) is 10.2 Å². The van der Waals surface area contributed by atoms with Crippen LogP contribution in [0.1, 0.15) is 13.3 Å². The van der Waals surface area contributed by atoms with Gasteiger partial charge in [0.25, 0.3) is 0 Å². The lowest BCUT2D eigenvalue weighted by Crippen LogP contribution is -2.46. The second-order valence-corrected chi connectivity index (χ2v) is 8.45. The summed E-state index contributed by atoms with van der Waals surface area (Å²) in [6, 6.07) is 12.8. The van der Waals surface area contributed by atoms with Crippen molar-refractivity contribution in [2.75, 3.05) is 23.0 Å². The van der Waals surface area contributed by atoms with Gasteiger partial charge in [-0.1, -0.05) is 22.9 Å². The Morgan fingerprint density at radius 1 is 1.15 bits per heavy atom. The maximum absolute atomic E-state index is 12.8. The molecule has 0 radical (unpaired) electrons. The normalized spacial score (nSPS) is 12.3. The Bertz CT molecular complexity index is 852. The van der Waals surface area contributed by atoms with E-state index < -0.39 is 22.0 Å². The lowest BCUT2D eigenvalue weighted by molar-refractivity contribution is -0.117. The van der Waals surface area contributed by atoms with Crippen molar-refractivity contribution < 1.29 is 17.9 Å². The third-order valence-corrected chi connectivity index (χ3v) is 5.48. The number of rotatable bonds is 7. The summed E-state index contributed by atoms with van der Waals surface area (Å²) in [5.41, 5.74) is 1.01. The highest BCUT2D eigenvalue weighted by atomic mass is 79.9. The molecule has 1 amide bonds. The average molecular weight is 441 g/mol. The van der Waals surface area contributed by atoms with Crippen LogP contribution in [0.3, 0.4) is 0 Å². The van der Waals surface area contributed by atoms with Crippen molar-refractivity contribution in [3.05, 3.63) is 53.0 Å². The highest BCUT2D eigenvalue weighted by Crippen LogP contribution is 2.26. The van der Waals surface area contributed by atoms with E-state index in [4.69, 9.17) is 4.74 Å². The number of nitrogens with one attached hydrogen (secondary N) is 1. The van der Waals surface area contributed by atoms with E-state index in [0.29, 0.717) is 23.5 Å². The molecular weight excluding hydrogens is 420 g/mol. The average Bonchev–Trinajstić information content (AvgIpc) is 2.60. The SMILES string of the molecule is CC[C@H](C(=O)Nc1ccc(Br)cc1)N(c1ccc(OC)cc1)S(C)(=O)=O. The summed E-state index contributed by atoms with van der Waals surface area (Å²) in [7, 11) is -2.14. The predicted octanol–water partition coefficient (Wildman–Crippen LogP) is 3.64.